The average Bonchev–Trinajstić information content (AvgIpc) is 3.41. The molecule has 0 amide bonds. The molecular weight excluding hydrogens is 388 g/mol. The van der Waals surface area contributed by atoms with Crippen LogP contribution in [0.1, 0.15) is 30.3 Å². The van der Waals surface area contributed by atoms with Crippen molar-refractivity contribution in [3.63, 3.8) is 0 Å². The third-order valence-electron chi connectivity index (χ3n) is 5.93. The van der Waals surface area contributed by atoms with Gasteiger partial charge in [0.2, 0.25) is 0 Å². The van der Waals surface area contributed by atoms with E-state index in [4.69, 9.17) is 14.8 Å². The Bertz CT molecular complexity index is 1350. The van der Waals surface area contributed by atoms with Crippen LogP contribution < -0.4 is 0 Å². The largest absolute Gasteiger partial charge is 0.381 e. The van der Waals surface area contributed by atoms with Gasteiger partial charge in [0.1, 0.15) is 17.8 Å². The number of H-pyrrole nitrogens is 1. The predicted molar refractivity (Wildman–Crippen MR) is 119 cm³/mol. The number of nitrogens with zero attached hydrogens (tertiary/aromatic N) is 5. The Kier molecular flexibility index (Phi) is 4.46. The van der Waals surface area contributed by atoms with Crippen molar-refractivity contribution in [2.45, 2.75) is 25.3 Å². The Hall–Kier alpha value is -3.58. The highest BCUT2D eigenvalue weighted by Crippen LogP contribution is 2.32. The number of nitrogens with one attached hydrogen (secondary N) is 1. The van der Waals surface area contributed by atoms with Crippen LogP contribution >= 0.6 is 0 Å². The van der Waals surface area contributed by atoms with Gasteiger partial charge in [-0.15, -0.1) is 0 Å². The highest BCUT2D eigenvalue weighted by molar-refractivity contribution is 5.93. The lowest BCUT2D eigenvalue weighted by molar-refractivity contribution is 0.0674. The second-order valence-corrected chi connectivity index (χ2v) is 7.97. The number of hydrogen-bond donors (Lipinski definition) is 1. The van der Waals surface area contributed by atoms with Gasteiger partial charge in [0, 0.05) is 31.4 Å². The summed E-state index contributed by atoms with van der Waals surface area (Å²) in [5, 5.41) is 5.96. The third kappa shape index (κ3) is 3.37. The van der Waals surface area contributed by atoms with Crippen LogP contribution in [0.4, 0.5) is 0 Å². The lowest BCUT2D eigenvalue weighted by Gasteiger charge is -2.22. The molecule has 6 rings (SSSR count). The fourth-order valence-corrected chi connectivity index (χ4v) is 4.36. The van der Waals surface area contributed by atoms with E-state index in [1.807, 2.05) is 12.3 Å². The summed E-state index contributed by atoms with van der Waals surface area (Å²) in [7, 11) is 0. The zero-order valence-corrected chi connectivity index (χ0v) is 17.0. The summed E-state index contributed by atoms with van der Waals surface area (Å²) < 4.78 is 7.60. The number of aromatic amines is 1. The normalized spacial score (nSPS) is 15.1. The SMILES string of the molecule is c1ccc(Cc2nc3ccc(-c4nn(C5CCOCC5)c5ncncc45)cc3[nH]2)cc1. The summed E-state index contributed by atoms with van der Waals surface area (Å²) in [4.78, 5) is 17.0. The van der Waals surface area contributed by atoms with E-state index < -0.39 is 0 Å². The number of hydrogen-bond acceptors (Lipinski definition) is 5. The van der Waals surface area contributed by atoms with Gasteiger partial charge >= 0.3 is 0 Å². The molecule has 1 fully saturated rings. The Labute approximate surface area is 179 Å². The van der Waals surface area contributed by atoms with Gasteiger partial charge in [-0.3, -0.25) is 0 Å². The van der Waals surface area contributed by atoms with Crippen LogP contribution in [0.2, 0.25) is 0 Å². The molecule has 0 bridgehead atoms. The smallest absolute Gasteiger partial charge is 0.162 e. The number of rotatable bonds is 4. The van der Waals surface area contributed by atoms with Crippen LogP contribution in [0.5, 0.6) is 0 Å². The summed E-state index contributed by atoms with van der Waals surface area (Å²) in [5.41, 5.74) is 6.02. The number of ether oxygens (including phenoxy) is 1. The highest BCUT2D eigenvalue weighted by atomic mass is 16.5. The molecule has 0 saturated carbocycles. The molecule has 1 N–H and O–H groups in total. The molecule has 7 nitrogen and oxygen atoms in total. The molecule has 7 heteroatoms. The number of aromatic nitrogens is 6. The first kappa shape index (κ1) is 18.2. The van der Waals surface area contributed by atoms with Crippen molar-refractivity contribution in [3.8, 4) is 11.3 Å². The molecule has 4 heterocycles. The van der Waals surface area contributed by atoms with E-state index in [0.717, 1.165) is 71.6 Å². The van der Waals surface area contributed by atoms with Crippen molar-refractivity contribution in [1.29, 1.82) is 0 Å². The van der Waals surface area contributed by atoms with E-state index in [0.29, 0.717) is 6.04 Å². The Morgan fingerprint density at radius 1 is 1.06 bits per heavy atom. The molecule has 0 radical (unpaired) electrons. The summed E-state index contributed by atoms with van der Waals surface area (Å²) in [6.07, 6.45) is 6.13. The average molecular weight is 410 g/mol. The van der Waals surface area contributed by atoms with E-state index in [9.17, 15) is 0 Å². The molecule has 0 spiro atoms. The van der Waals surface area contributed by atoms with Crippen molar-refractivity contribution < 1.29 is 4.74 Å². The molecule has 5 aromatic rings. The molecular formula is C24H22N6O. The van der Waals surface area contributed by atoms with Gasteiger partial charge in [0.25, 0.3) is 0 Å². The standard InChI is InChI=1S/C24H22N6O/c1-2-4-16(5-3-1)12-22-27-20-7-6-17(13-21(20)28-22)23-19-14-25-15-26-24(19)30(29-23)18-8-10-31-11-9-18/h1-7,13-15,18H,8-12H2,(H,27,28). The second kappa shape index (κ2) is 7.59. The van der Waals surface area contributed by atoms with Crippen LogP contribution in [-0.4, -0.2) is 42.9 Å². The van der Waals surface area contributed by atoms with Crippen LogP contribution in [0.25, 0.3) is 33.3 Å². The maximum atomic E-state index is 5.53. The van der Waals surface area contributed by atoms with Gasteiger partial charge in [-0.05, 0) is 30.5 Å². The van der Waals surface area contributed by atoms with Crippen molar-refractivity contribution in [2.75, 3.05) is 13.2 Å². The first-order valence-electron chi connectivity index (χ1n) is 10.6. The van der Waals surface area contributed by atoms with Gasteiger partial charge < -0.3 is 9.72 Å². The summed E-state index contributed by atoms with van der Waals surface area (Å²) in [6.45, 7) is 1.52. The molecule has 3 aromatic heterocycles. The van der Waals surface area contributed by atoms with Crippen LogP contribution in [-0.2, 0) is 11.2 Å². The molecule has 1 aliphatic heterocycles. The van der Waals surface area contributed by atoms with Gasteiger partial charge in [0.15, 0.2) is 5.65 Å². The van der Waals surface area contributed by atoms with E-state index in [2.05, 4.69) is 62.1 Å². The summed E-state index contributed by atoms with van der Waals surface area (Å²) >= 11 is 0. The fraction of sp³-hybridized carbons (Fsp3) is 0.250. The number of benzene rings is 2. The fourth-order valence-electron chi connectivity index (χ4n) is 4.36. The topological polar surface area (TPSA) is 81.5 Å². The molecule has 154 valence electrons. The maximum absolute atomic E-state index is 5.53. The first-order valence-corrected chi connectivity index (χ1v) is 10.6. The quantitative estimate of drug-likeness (QED) is 0.477. The maximum Gasteiger partial charge on any atom is 0.162 e. The van der Waals surface area contributed by atoms with E-state index in [1.165, 1.54) is 5.56 Å². The monoisotopic (exact) mass is 410 g/mol. The lowest BCUT2D eigenvalue weighted by Crippen LogP contribution is -2.20. The zero-order valence-electron chi connectivity index (χ0n) is 17.0. The molecule has 1 aliphatic rings. The van der Waals surface area contributed by atoms with Crippen LogP contribution in [0, 0.1) is 0 Å². The van der Waals surface area contributed by atoms with Crippen LogP contribution in [0.3, 0.4) is 0 Å². The zero-order chi connectivity index (χ0) is 20.6. The minimum Gasteiger partial charge on any atom is -0.381 e. The lowest BCUT2D eigenvalue weighted by atomic mass is 10.1. The van der Waals surface area contributed by atoms with Gasteiger partial charge in [-0.25, -0.2) is 19.6 Å². The first-order chi connectivity index (χ1) is 15.3. The molecule has 2 aromatic carbocycles. The molecule has 0 aliphatic carbocycles. The van der Waals surface area contributed by atoms with E-state index in [1.54, 1.807) is 6.33 Å². The third-order valence-corrected chi connectivity index (χ3v) is 5.93. The Morgan fingerprint density at radius 3 is 2.81 bits per heavy atom. The minimum absolute atomic E-state index is 0.299. The van der Waals surface area contributed by atoms with E-state index >= 15 is 0 Å². The predicted octanol–water partition coefficient (Wildman–Crippen LogP) is 4.31. The Morgan fingerprint density at radius 2 is 1.94 bits per heavy atom. The van der Waals surface area contributed by atoms with Crippen molar-refractivity contribution in [3.05, 3.63) is 72.4 Å². The van der Waals surface area contributed by atoms with Gasteiger partial charge in [-0.1, -0.05) is 36.4 Å². The molecule has 1 saturated heterocycles. The van der Waals surface area contributed by atoms with Crippen molar-refractivity contribution in [2.24, 2.45) is 0 Å². The summed E-state index contributed by atoms with van der Waals surface area (Å²) in [6, 6.07) is 16.9. The number of fused-ring (bicyclic) bond motifs is 2. The Balaban J connectivity index is 1.40. The van der Waals surface area contributed by atoms with Crippen molar-refractivity contribution in [1.82, 2.24) is 29.7 Å². The van der Waals surface area contributed by atoms with Crippen LogP contribution in [0.15, 0.2) is 61.1 Å². The summed E-state index contributed by atoms with van der Waals surface area (Å²) in [5.74, 6) is 0.958. The highest BCUT2D eigenvalue weighted by Gasteiger charge is 2.22. The number of imidazole rings is 1. The van der Waals surface area contributed by atoms with Gasteiger partial charge in [0.05, 0.1) is 22.5 Å². The molecule has 0 atom stereocenters. The molecule has 0 unspecified atom stereocenters. The minimum atomic E-state index is 0.299. The second-order valence-electron chi connectivity index (χ2n) is 7.97. The van der Waals surface area contributed by atoms with Gasteiger partial charge in [-0.2, -0.15) is 5.10 Å². The van der Waals surface area contributed by atoms with E-state index in [-0.39, 0.29) is 0 Å². The van der Waals surface area contributed by atoms with Crippen molar-refractivity contribution >= 4 is 22.1 Å². The molecule has 31 heavy (non-hydrogen) atoms.